The molecule has 150 valence electrons. The molecule has 2 N–H and O–H groups in total. The van der Waals surface area contributed by atoms with Gasteiger partial charge in [-0.05, 0) is 38.2 Å². The standard InChI is InChI=1S/C19H23N3O5S/c1-2-27-19(26)16-13-6-4-3-5-7-14(13)28-18(16)21-17(25)12-10-20-22(11-12)9-8-15(23)24/h10-11H,2-9H2,1H3,(H,21,25)(H,23,24). The molecule has 0 spiro atoms. The number of aromatic nitrogens is 2. The summed E-state index contributed by atoms with van der Waals surface area (Å²) in [7, 11) is 0. The van der Waals surface area contributed by atoms with Crippen LogP contribution < -0.4 is 5.32 Å². The zero-order valence-corrected chi connectivity index (χ0v) is 16.5. The average Bonchev–Trinajstić information content (AvgIpc) is 3.19. The molecular weight excluding hydrogens is 382 g/mol. The molecule has 8 nitrogen and oxygen atoms in total. The zero-order valence-electron chi connectivity index (χ0n) is 15.7. The third-order valence-corrected chi connectivity index (χ3v) is 5.79. The number of anilines is 1. The van der Waals surface area contributed by atoms with Crippen LogP contribution in [0.3, 0.4) is 0 Å². The highest BCUT2D eigenvalue weighted by Crippen LogP contribution is 2.38. The summed E-state index contributed by atoms with van der Waals surface area (Å²) in [4.78, 5) is 37.0. The van der Waals surface area contributed by atoms with Crippen LogP contribution in [0.5, 0.6) is 0 Å². The van der Waals surface area contributed by atoms with Crippen LogP contribution >= 0.6 is 11.3 Å². The molecule has 1 amide bonds. The van der Waals surface area contributed by atoms with Gasteiger partial charge in [-0.3, -0.25) is 14.3 Å². The lowest BCUT2D eigenvalue weighted by molar-refractivity contribution is -0.137. The van der Waals surface area contributed by atoms with E-state index < -0.39 is 11.9 Å². The van der Waals surface area contributed by atoms with E-state index in [1.54, 1.807) is 6.92 Å². The number of carboxylic acids is 1. The van der Waals surface area contributed by atoms with Crippen LogP contribution in [0.4, 0.5) is 5.00 Å². The van der Waals surface area contributed by atoms with Gasteiger partial charge in [0.1, 0.15) is 5.00 Å². The number of fused-ring (bicyclic) bond motifs is 1. The van der Waals surface area contributed by atoms with E-state index in [9.17, 15) is 14.4 Å². The summed E-state index contributed by atoms with van der Waals surface area (Å²) in [6, 6.07) is 0. The Morgan fingerprint density at radius 3 is 2.82 bits per heavy atom. The van der Waals surface area contributed by atoms with E-state index in [1.807, 2.05) is 0 Å². The molecule has 2 aromatic heterocycles. The number of esters is 1. The lowest BCUT2D eigenvalue weighted by atomic mass is 10.1. The normalized spacial score (nSPS) is 13.5. The van der Waals surface area contributed by atoms with Crippen molar-refractivity contribution in [1.82, 2.24) is 9.78 Å². The molecular formula is C19H23N3O5S. The first-order valence-corrected chi connectivity index (χ1v) is 10.2. The zero-order chi connectivity index (χ0) is 20.1. The largest absolute Gasteiger partial charge is 0.481 e. The van der Waals surface area contributed by atoms with E-state index in [1.165, 1.54) is 28.4 Å². The number of rotatable bonds is 7. The second-order valence-corrected chi connectivity index (χ2v) is 7.68. The van der Waals surface area contributed by atoms with Gasteiger partial charge in [0.05, 0.1) is 36.9 Å². The number of aliphatic carboxylic acids is 1. The van der Waals surface area contributed by atoms with Gasteiger partial charge in [-0.2, -0.15) is 5.10 Å². The summed E-state index contributed by atoms with van der Waals surface area (Å²) < 4.78 is 6.64. The lowest BCUT2D eigenvalue weighted by Crippen LogP contribution is -2.15. The van der Waals surface area contributed by atoms with Crippen molar-refractivity contribution >= 4 is 34.2 Å². The van der Waals surface area contributed by atoms with Gasteiger partial charge in [-0.1, -0.05) is 6.42 Å². The van der Waals surface area contributed by atoms with Crippen LogP contribution in [0.15, 0.2) is 12.4 Å². The summed E-state index contributed by atoms with van der Waals surface area (Å²) >= 11 is 1.44. The molecule has 0 aliphatic heterocycles. The fourth-order valence-corrected chi connectivity index (χ4v) is 4.51. The topological polar surface area (TPSA) is 111 Å². The highest BCUT2D eigenvalue weighted by molar-refractivity contribution is 7.17. The van der Waals surface area contributed by atoms with Gasteiger partial charge >= 0.3 is 11.9 Å². The highest BCUT2D eigenvalue weighted by atomic mass is 32.1. The first-order valence-electron chi connectivity index (χ1n) is 9.36. The maximum absolute atomic E-state index is 12.7. The number of nitrogens with zero attached hydrogens (tertiary/aromatic N) is 2. The number of hydrogen-bond acceptors (Lipinski definition) is 6. The Balaban J connectivity index is 1.82. The van der Waals surface area contributed by atoms with E-state index in [0.717, 1.165) is 42.5 Å². The van der Waals surface area contributed by atoms with Crippen LogP contribution in [0.25, 0.3) is 0 Å². The highest BCUT2D eigenvalue weighted by Gasteiger charge is 2.27. The van der Waals surface area contributed by atoms with Crippen molar-refractivity contribution in [2.75, 3.05) is 11.9 Å². The molecule has 28 heavy (non-hydrogen) atoms. The Bertz CT molecular complexity index is 886. The van der Waals surface area contributed by atoms with Crippen LogP contribution in [0, 0.1) is 0 Å². The van der Waals surface area contributed by atoms with Crippen molar-refractivity contribution in [3.63, 3.8) is 0 Å². The fraction of sp³-hybridized carbons (Fsp3) is 0.474. The number of thiophene rings is 1. The minimum Gasteiger partial charge on any atom is -0.481 e. The minimum absolute atomic E-state index is 0.0760. The summed E-state index contributed by atoms with van der Waals surface area (Å²) in [5.74, 6) is -1.72. The minimum atomic E-state index is -0.930. The van der Waals surface area contributed by atoms with E-state index in [0.29, 0.717) is 16.1 Å². The Hall–Kier alpha value is -2.68. The Labute approximate surface area is 166 Å². The molecule has 0 unspecified atom stereocenters. The number of ether oxygens (including phenoxy) is 1. The van der Waals surface area contributed by atoms with Gasteiger partial charge in [-0.25, -0.2) is 4.79 Å². The molecule has 0 fully saturated rings. The van der Waals surface area contributed by atoms with Crippen molar-refractivity contribution in [3.05, 3.63) is 34.0 Å². The number of aryl methyl sites for hydroxylation is 2. The molecule has 2 heterocycles. The summed E-state index contributed by atoms with van der Waals surface area (Å²) in [5.41, 5.74) is 1.77. The predicted octanol–water partition coefficient (Wildman–Crippen LogP) is 3.12. The van der Waals surface area contributed by atoms with Gasteiger partial charge in [0, 0.05) is 11.1 Å². The third-order valence-electron chi connectivity index (χ3n) is 4.58. The Kier molecular flexibility index (Phi) is 6.45. The summed E-state index contributed by atoms with van der Waals surface area (Å²) in [6.45, 7) is 2.21. The van der Waals surface area contributed by atoms with Crippen molar-refractivity contribution < 1.29 is 24.2 Å². The fourth-order valence-electron chi connectivity index (χ4n) is 3.24. The van der Waals surface area contributed by atoms with Crippen LogP contribution in [-0.4, -0.2) is 39.3 Å². The summed E-state index contributed by atoms with van der Waals surface area (Å²) in [6.07, 6.45) is 7.73. The SMILES string of the molecule is CCOC(=O)c1c(NC(=O)c2cnn(CCC(=O)O)c2)sc2c1CCCCC2. The van der Waals surface area contributed by atoms with Crippen molar-refractivity contribution in [1.29, 1.82) is 0 Å². The monoisotopic (exact) mass is 405 g/mol. The molecule has 0 radical (unpaired) electrons. The number of hydrogen-bond donors (Lipinski definition) is 2. The van der Waals surface area contributed by atoms with E-state index in [2.05, 4.69) is 10.4 Å². The third kappa shape index (κ3) is 4.59. The van der Waals surface area contributed by atoms with Crippen LogP contribution in [0.1, 0.15) is 63.8 Å². The summed E-state index contributed by atoms with van der Waals surface area (Å²) in [5, 5.41) is 16.1. The molecule has 1 aliphatic carbocycles. The second kappa shape index (κ2) is 9.01. The van der Waals surface area contributed by atoms with Crippen molar-refractivity contribution in [3.8, 4) is 0 Å². The number of carbonyl (C=O) groups excluding carboxylic acids is 2. The van der Waals surface area contributed by atoms with Gasteiger partial charge in [0.25, 0.3) is 5.91 Å². The van der Waals surface area contributed by atoms with E-state index in [-0.39, 0.29) is 25.5 Å². The molecule has 2 aromatic rings. The molecule has 3 rings (SSSR count). The first kappa shape index (κ1) is 20.1. The van der Waals surface area contributed by atoms with Gasteiger partial charge in [0.2, 0.25) is 0 Å². The maximum Gasteiger partial charge on any atom is 0.341 e. The number of carbonyl (C=O) groups is 3. The van der Waals surface area contributed by atoms with Crippen LogP contribution in [0.2, 0.25) is 0 Å². The van der Waals surface area contributed by atoms with Gasteiger partial charge in [-0.15, -0.1) is 11.3 Å². The Morgan fingerprint density at radius 2 is 2.07 bits per heavy atom. The average molecular weight is 405 g/mol. The molecule has 0 saturated carbocycles. The second-order valence-electron chi connectivity index (χ2n) is 6.58. The molecule has 1 aliphatic rings. The quantitative estimate of drug-likeness (QED) is 0.541. The Morgan fingerprint density at radius 1 is 1.29 bits per heavy atom. The number of nitrogens with one attached hydrogen (secondary N) is 1. The van der Waals surface area contributed by atoms with Crippen molar-refractivity contribution in [2.45, 2.75) is 52.0 Å². The number of carboxylic acid groups (broad SMARTS) is 1. The predicted molar refractivity (Wildman–Crippen MR) is 104 cm³/mol. The first-order chi connectivity index (χ1) is 13.5. The molecule has 0 bridgehead atoms. The van der Waals surface area contributed by atoms with Gasteiger partial charge < -0.3 is 15.2 Å². The van der Waals surface area contributed by atoms with Crippen LogP contribution in [-0.2, 0) is 28.9 Å². The lowest BCUT2D eigenvalue weighted by Gasteiger charge is -2.08. The molecule has 0 saturated heterocycles. The van der Waals surface area contributed by atoms with E-state index >= 15 is 0 Å². The molecule has 0 aromatic carbocycles. The molecule has 0 atom stereocenters. The smallest absolute Gasteiger partial charge is 0.341 e. The van der Waals surface area contributed by atoms with Crippen molar-refractivity contribution in [2.24, 2.45) is 0 Å². The number of amides is 1. The van der Waals surface area contributed by atoms with E-state index in [4.69, 9.17) is 9.84 Å². The molecule has 9 heteroatoms. The maximum atomic E-state index is 12.7. The van der Waals surface area contributed by atoms with Gasteiger partial charge in [0.15, 0.2) is 0 Å².